The maximum Gasteiger partial charge on any atom is 0.248 e. The molecule has 1 fully saturated rings. The van der Waals surface area contributed by atoms with Crippen LogP contribution in [0.5, 0.6) is 0 Å². The largest absolute Gasteiger partial charge is 0.315 e. The molecule has 0 unspecified atom stereocenters. The number of halogens is 2. The van der Waals surface area contributed by atoms with E-state index in [1.807, 2.05) is 7.05 Å². The highest BCUT2D eigenvalue weighted by Crippen LogP contribution is 2.40. The Labute approximate surface area is 78.9 Å². The van der Waals surface area contributed by atoms with Crippen LogP contribution >= 0.6 is 0 Å². The molecule has 1 aliphatic rings. The fourth-order valence-corrected chi connectivity index (χ4v) is 1.97. The minimum atomic E-state index is -2.40. The van der Waals surface area contributed by atoms with Crippen LogP contribution in [0.25, 0.3) is 0 Å². The van der Waals surface area contributed by atoms with Crippen molar-refractivity contribution < 1.29 is 8.78 Å². The highest BCUT2D eigenvalue weighted by Gasteiger charge is 2.39. The molecule has 0 atom stereocenters. The maximum absolute atomic E-state index is 12.8. The normalized spacial score (nSPS) is 24.7. The number of nitrogens with one attached hydrogen (secondary N) is 1. The number of hydrogen-bond donors (Lipinski definition) is 1. The van der Waals surface area contributed by atoms with Gasteiger partial charge in [0.15, 0.2) is 0 Å². The monoisotopic (exact) mass is 191 g/mol. The van der Waals surface area contributed by atoms with Crippen molar-refractivity contribution in [1.82, 2.24) is 5.32 Å². The van der Waals surface area contributed by atoms with Crippen molar-refractivity contribution in [2.45, 2.75) is 51.0 Å². The van der Waals surface area contributed by atoms with Gasteiger partial charge in [-0.15, -0.1) is 0 Å². The fraction of sp³-hybridized carbons (Fsp3) is 1.00. The molecule has 0 spiro atoms. The molecule has 0 bridgehead atoms. The molecule has 0 radical (unpaired) electrons. The van der Waals surface area contributed by atoms with Crippen LogP contribution in [-0.4, -0.2) is 18.5 Å². The summed E-state index contributed by atoms with van der Waals surface area (Å²) in [5.74, 6) is -2.02. The van der Waals surface area contributed by atoms with E-state index in [0.29, 0.717) is 18.8 Å². The summed E-state index contributed by atoms with van der Waals surface area (Å²) in [5.41, 5.74) is -0.00347. The third kappa shape index (κ3) is 2.63. The molecule has 0 amide bonds. The number of rotatable bonds is 2. The van der Waals surface area contributed by atoms with Gasteiger partial charge in [0.05, 0.1) is 0 Å². The van der Waals surface area contributed by atoms with Crippen LogP contribution in [0.1, 0.15) is 39.5 Å². The summed E-state index contributed by atoms with van der Waals surface area (Å²) >= 11 is 0. The molecule has 0 saturated heterocycles. The minimum absolute atomic E-state index is 0.00347. The molecule has 1 aliphatic carbocycles. The molecule has 0 heterocycles. The lowest BCUT2D eigenvalue weighted by Crippen LogP contribution is -2.46. The van der Waals surface area contributed by atoms with E-state index in [1.54, 1.807) is 0 Å². The summed E-state index contributed by atoms with van der Waals surface area (Å²) in [7, 11) is 1.90. The first kappa shape index (κ1) is 10.9. The molecule has 13 heavy (non-hydrogen) atoms. The Kier molecular flexibility index (Phi) is 2.95. The highest BCUT2D eigenvalue weighted by molar-refractivity contribution is 4.90. The van der Waals surface area contributed by atoms with Crippen LogP contribution in [0.4, 0.5) is 8.78 Å². The van der Waals surface area contributed by atoms with Crippen molar-refractivity contribution in [2.75, 3.05) is 7.05 Å². The van der Waals surface area contributed by atoms with Gasteiger partial charge >= 0.3 is 0 Å². The summed E-state index contributed by atoms with van der Waals surface area (Å²) in [6.07, 6.45) is 1.40. The SMILES string of the molecule is CNC(C)(C)C1CCC(F)(F)CC1. The summed E-state index contributed by atoms with van der Waals surface area (Å²) in [6, 6.07) is 0. The second kappa shape index (κ2) is 3.52. The summed E-state index contributed by atoms with van der Waals surface area (Å²) in [5, 5.41) is 3.19. The van der Waals surface area contributed by atoms with Crippen molar-refractivity contribution in [3.8, 4) is 0 Å². The van der Waals surface area contributed by atoms with Crippen molar-refractivity contribution in [2.24, 2.45) is 5.92 Å². The van der Waals surface area contributed by atoms with E-state index in [1.165, 1.54) is 0 Å². The predicted molar refractivity (Wildman–Crippen MR) is 50.0 cm³/mol. The molecular formula is C10H19F2N. The maximum atomic E-state index is 12.8. The van der Waals surface area contributed by atoms with Gasteiger partial charge in [-0.2, -0.15) is 0 Å². The van der Waals surface area contributed by atoms with Crippen LogP contribution < -0.4 is 5.32 Å². The molecule has 0 aromatic rings. The topological polar surface area (TPSA) is 12.0 Å². The Morgan fingerprint density at radius 1 is 1.23 bits per heavy atom. The van der Waals surface area contributed by atoms with Crippen LogP contribution in [0.2, 0.25) is 0 Å². The lowest BCUT2D eigenvalue weighted by molar-refractivity contribution is -0.0544. The quantitative estimate of drug-likeness (QED) is 0.707. The van der Waals surface area contributed by atoms with Crippen molar-refractivity contribution in [3.63, 3.8) is 0 Å². The van der Waals surface area contributed by atoms with Crippen molar-refractivity contribution in [3.05, 3.63) is 0 Å². The minimum Gasteiger partial charge on any atom is -0.315 e. The molecule has 0 aliphatic heterocycles. The molecule has 0 aromatic carbocycles. The van der Waals surface area contributed by atoms with Gasteiger partial charge in [-0.25, -0.2) is 8.78 Å². The summed E-state index contributed by atoms with van der Waals surface area (Å²) in [4.78, 5) is 0. The zero-order chi connectivity index (χ0) is 10.1. The molecule has 1 N–H and O–H groups in total. The van der Waals surface area contributed by atoms with Gasteiger partial charge in [0.25, 0.3) is 0 Å². The van der Waals surface area contributed by atoms with Crippen molar-refractivity contribution >= 4 is 0 Å². The van der Waals surface area contributed by atoms with Crippen molar-refractivity contribution in [1.29, 1.82) is 0 Å². The van der Waals surface area contributed by atoms with Gasteiger partial charge in [-0.3, -0.25) is 0 Å². The third-order valence-electron chi connectivity index (χ3n) is 3.38. The average molecular weight is 191 g/mol. The molecule has 1 nitrogen and oxygen atoms in total. The number of hydrogen-bond acceptors (Lipinski definition) is 1. The van der Waals surface area contributed by atoms with Crippen LogP contribution in [0.15, 0.2) is 0 Å². The second-order valence-electron chi connectivity index (χ2n) is 4.60. The Morgan fingerprint density at radius 3 is 2.08 bits per heavy atom. The Balaban J connectivity index is 2.50. The first-order valence-corrected chi connectivity index (χ1v) is 4.94. The Bertz CT molecular complexity index is 168. The van der Waals surface area contributed by atoms with E-state index in [0.717, 1.165) is 0 Å². The van der Waals surface area contributed by atoms with Crippen LogP contribution in [0, 0.1) is 5.92 Å². The van der Waals surface area contributed by atoms with E-state index >= 15 is 0 Å². The molecular weight excluding hydrogens is 172 g/mol. The summed E-state index contributed by atoms with van der Waals surface area (Å²) in [6.45, 7) is 4.17. The van der Waals surface area contributed by atoms with E-state index in [2.05, 4.69) is 19.2 Å². The first-order valence-electron chi connectivity index (χ1n) is 4.94. The van der Waals surface area contributed by atoms with E-state index in [-0.39, 0.29) is 18.4 Å². The smallest absolute Gasteiger partial charge is 0.248 e. The molecule has 1 saturated carbocycles. The average Bonchev–Trinajstić information content (AvgIpc) is 2.04. The van der Waals surface area contributed by atoms with Crippen LogP contribution in [0.3, 0.4) is 0 Å². The van der Waals surface area contributed by atoms with E-state index < -0.39 is 5.92 Å². The Morgan fingerprint density at radius 2 is 1.69 bits per heavy atom. The van der Waals surface area contributed by atoms with E-state index in [4.69, 9.17) is 0 Å². The van der Waals surface area contributed by atoms with E-state index in [9.17, 15) is 8.78 Å². The lowest BCUT2D eigenvalue weighted by atomic mass is 9.75. The molecule has 78 valence electrons. The van der Waals surface area contributed by atoms with Gasteiger partial charge in [0.1, 0.15) is 0 Å². The zero-order valence-corrected chi connectivity index (χ0v) is 8.66. The first-order chi connectivity index (χ1) is 5.87. The summed E-state index contributed by atoms with van der Waals surface area (Å²) < 4.78 is 25.7. The Hall–Kier alpha value is -0.180. The third-order valence-corrected chi connectivity index (χ3v) is 3.38. The molecule has 1 rings (SSSR count). The lowest BCUT2D eigenvalue weighted by Gasteiger charge is -2.39. The van der Waals surface area contributed by atoms with Gasteiger partial charge < -0.3 is 5.32 Å². The highest BCUT2D eigenvalue weighted by atomic mass is 19.3. The van der Waals surface area contributed by atoms with Gasteiger partial charge in [0.2, 0.25) is 5.92 Å². The van der Waals surface area contributed by atoms with Gasteiger partial charge in [-0.05, 0) is 39.7 Å². The zero-order valence-electron chi connectivity index (χ0n) is 8.66. The number of alkyl halides is 2. The predicted octanol–water partition coefficient (Wildman–Crippen LogP) is 2.81. The van der Waals surface area contributed by atoms with Crippen LogP contribution in [-0.2, 0) is 0 Å². The fourth-order valence-electron chi connectivity index (χ4n) is 1.97. The second-order valence-corrected chi connectivity index (χ2v) is 4.60. The van der Waals surface area contributed by atoms with Gasteiger partial charge in [-0.1, -0.05) is 0 Å². The molecule has 3 heteroatoms. The standard InChI is InChI=1S/C10H19F2N/c1-9(2,13-3)8-4-6-10(11,12)7-5-8/h8,13H,4-7H2,1-3H3. The molecule has 0 aromatic heterocycles. The van der Waals surface area contributed by atoms with Gasteiger partial charge in [0, 0.05) is 18.4 Å².